The molecule has 0 heterocycles. The molecule has 0 aromatic heterocycles. The Balaban J connectivity index is 1.27. The average molecular weight is 446 g/mol. The van der Waals surface area contributed by atoms with Crippen molar-refractivity contribution < 1.29 is 19.7 Å². The summed E-state index contributed by atoms with van der Waals surface area (Å²) in [5.41, 5.74) is 11.1. The van der Waals surface area contributed by atoms with Gasteiger partial charge in [0.2, 0.25) is 0 Å². The minimum absolute atomic E-state index is 0.0199. The molecule has 0 bridgehead atoms. The highest BCUT2D eigenvalue weighted by molar-refractivity contribution is 5.94. The van der Waals surface area contributed by atoms with Gasteiger partial charge in [0.25, 0.3) is 0 Å². The first kappa shape index (κ1) is 22.5. The van der Waals surface area contributed by atoms with Gasteiger partial charge in [-0.3, -0.25) is 5.41 Å². The molecule has 3 aromatic carbocycles. The van der Waals surface area contributed by atoms with E-state index in [4.69, 9.17) is 15.9 Å². The standard InChI is InChI=1S/C26H27N3O4/c27-25(28)17-11-9-16(10-12-17)24(31)23(30)13-14-29-26(32)33-15-22-20-7-3-1-5-18(20)19-6-2-4-8-21(19)22/h1-12,22-24,30-31H,13-15H2,(H3,27,28)(H,29,32). The first-order valence-corrected chi connectivity index (χ1v) is 10.8. The summed E-state index contributed by atoms with van der Waals surface area (Å²) in [4.78, 5) is 12.2. The quantitative estimate of drug-likeness (QED) is 0.268. The van der Waals surface area contributed by atoms with Gasteiger partial charge in [-0.25, -0.2) is 4.79 Å². The Morgan fingerprint density at radius 2 is 1.55 bits per heavy atom. The van der Waals surface area contributed by atoms with Gasteiger partial charge in [-0.2, -0.15) is 0 Å². The first-order chi connectivity index (χ1) is 16.0. The molecule has 0 radical (unpaired) electrons. The molecule has 0 fully saturated rings. The maximum absolute atomic E-state index is 12.2. The Morgan fingerprint density at radius 1 is 0.970 bits per heavy atom. The van der Waals surface area contributed by atoms with Crippen molar-refractivity contribution in [2.45, 2.75) is 24.5 Å². The van der Waals surface area contributed by atoms with Crippen molar-refractivity contribution in [2.24, 2.45) is 5.73 Å². The summed E-state index contributed by atoms with van der Waals surface area (Å²) in [5.74, 6) is -0.0857. The Kier molecular flexibility index (Phi) is 6.72. The molecule has 7 heteroatoms. The largest absolute Gasteiger partial charge is 0.449 e. The lowest BCUT2D eigenvalue weighted by molar-refractivity contribution is 0.0136. The molecule has 1 aliphatic carbocycles. The number of carbonyl (C=O) groups is 1. The number of hydrogen-bond donors (Lipinski definition) is 5. The Bertz CT molecular complexity index is 1100. The van der Waals surface area contributed by atoms with Gasteiger partial charge < -0.3 is 26.0 Å². The lowest BCUT2D eigenvalue weighted by atomic mass is 9.98. The van der Waals surface area contributed by atoms with Crippen LogP contribution in [0.25, 0.3) is 11.1 Å². The summed E-state index contributed by atoms with van der Waals surface area (Å²) in [7, 11) is 0. The fraction of sp³-hybridized carbons (Fsp3) is 0.231. The van der Waals surface area contributed by atoms with Gasteiger partial charge in [0.05, 0.1) is 6.10 Å². The molecule has 0 saturated carbocycles. The fourth-order valence-electron chi connectivity index (χ4n) is 4.21. The van der Waals surface area contributed by atoms with Crippen LogP contribution >= 0.6 is 0 Å². The smallest absolute Gasteiger partial charge is 0.407 e. The van der Waals surface area contributed by atoms with Crippen molar-refractivity contribution in [1.29, 1.82) is 5.41 Å². The molecule has 33 heavy (non-hydrogen) atoms. The van der Waals surface area contributed by atoms with Crippen molar-refractivity contribution in [2.75, 3.05) is 13.2 Å². The second-order valence-electron chi connectivity index (χ2n) is 8.09. The van der Waals surface area contributed by atoms with Crippen LogP contribution in [0.2, 0.25) is 0 Å². The second kappa shape index (κ2) is 9.85. The molecule has 2 atom stereocenters. The highest BCUT2D eigenvalue weighted by Gasteiger charge is 2.29. The number of amides is 1. The summed E-state index contributed by atoms with van der Waals surface area (Å²) in [6.45, 7) is 0.369. The van der Waals surface area contributed by atoms with E-state index in [1.54, 1.807) is 24.3 Å². The number of rotatable bonds is 8. The first-order valence-electron chi connectivity index (χ1n) is 10.8. The van der Waals surface area contributed by atoms with Crippen LogP contribution in [0.3, 0.4) is 0 Å². The van der Waals surface area contributed by atoms with Crippen molar-refractivity contribution >= 4 is 11.9 Å². The molecule has 0 aliphatic heterocycles. The van der Waals surface area contributed by atoms with Gasteiger partial charge in [-0.05, 0) is 34.2 Å². The molecule has 170 valence electrons. The van der Waals surface area contributed by atoms with Crippen LogP contribution in [0.1, 0.15) is 40.7 Å². The number of aliphatic hydroxyl groups excluding tert-OH is 2. The van der Waals surface area contributed by atoms with Crippen LogP contribution in [0.4, 0.5) is 4.79 Å². The maximum atomic E-state index is 12.2. The van der Waals surface area contributed by atoms with E-state index in [-0.39, 0.29) is 31.3 Å². The van der Waals surface area contributed by atoms with Crippen LogP contribution in [-0.4, -0.2) is 41.4 Å². The van der Waals surface area contributed by atoms with Gasteiger partial charge >= 0.3 is 6.09 Å². The summed E-state index contributed by atoms with van der Waals surface area (Å²) in [6, 6.07) is 22.7. The lowest BCUT2D eigenvalue weighted by Gasteiger charge is -2.19. The topological polar surface area (TPSA) is 129 Å². The van der Waals surface area contributed by atoms with Crippen LogP contribution in [0.15, 0.2) is 72.8 Å². The van der Waals surface area contributed by atoms with Crippen molar-refractivity contribution in [3.05, 3.63) is 95.1 Å². The molecule has 2 unspecified atom stereocenters. The predicted molar refractivity (Wildman–Crippen MR) is 126 cm³/mol. The van der Waals surface area contributed by atoms with Crippen LogP contribution in [-0.2, 0) is 4.74 Å². The number of aliphatic hydroxyl groups is 2. The number of hydrogen-bond acceptors (Lipinski definition) is 5. The van der Waals surface area contributed by atoms with E-state index < -0.39 is 18.3 Å². The monoisotopic (exact) mass is 445 g/mol. The van der Waals surface area contributed by atoms with E-state index in [0.717, 1.165) is 22.3 Å². The Labute approximate surface area is 192 Å². The van der Waals surface area contributed by atoms with E-state index in [2.05, 4.69) is 29.6 Å². The molecule has 0 spiro atoms. The molecule has 1 aliphatic rings. The molecule has 4 rings (SSSR count). The Hall–Kier alpha value is -3.68. The maximum Gasteiger partial charge on any atom is 0.407 e. The van der Waals surface area contributed by atoms with Crippen molar-refractivity contribution in [3.8, 4) is 11.1 Å². The number of ether oxygens (including phenoxy) is 1. The van der Waals surface area contributed by atoms with Gasteiger partial charge in [-0.15, -0.1) is 0 Å². The molecule has 3 aromatic rings. The molecule has 0 saturated heterocycles. The number of amidine groups is 1. The van der Waals surface area contributed by atoms with E-state index in [1.807, 2.05) is 24.3 Å². The van der Waals surface area contributed by atoms with Gasteiger partial charge in [0.1, 0.15) is 18.5 Å². The summed E-state index contributed by atoms with van der Waals surface area (Å²) < 4.78 is 5.48. The summed E-state index contributed by atoms with van der Waals surface area (Å²) in [6.07, 6.45) is -2.60. The number of alkyl carbamates (subject to hydrolysis) is 1. The SMILES string of the molecule is N=C(N)c1ccc(C(O)C(O)CCNC(=O)OCC2c3ccccc3-c3ccccc32)cc1. The highest BCUT2D eigenvalue weighted by atomic mass is 16.5. The number of nitrogen functional groups attached to an aromatic ring is 1. The van der Waals surface area contributed by atoms with Crippen LogP contribution in [0.5, 0.6) is 0 Å². The van der Waals surface area contributed by atoms with Gasteiger partial charge in [-0.1, -0.05) is 72.8 Å². The van der Waals surface area contributed by atoms with Crippen LogP contribution < -0.4 is 11.1 Å². The van der Waals surface area contributed by atoms with Gasteiger partial charge in [0, 0.05) is 18.0 Å². The van der Waals surface area contributed by atoms with Crippen molar-refractivity contribution in [3.63, 3.8) is 0 Å². The fourth-order valence-corrected chi connectivity index (χ4v) is 4.21. The number of nitrogens with one attached hydrogen (secondary N) is 2. The number of benzene rings is 3. The van der Waals surface area contributed by atoms with Gasteiger partial charge in [0.15, 0.2) is 0 Å². The second-order valence-corrected chi connectivity index (χ2v) is 8.09. The van der Waals surface area contributed by atoms with Crippen LogP contribution in [0, 0.1) is 5.41 Å². The average Bonchev–Trinajstić information content (AvgIpc) is 3.16. The zero-order valence-corrected chi connectivity index (χ0v) is 18.1. The zero-order chi connectivity index (χ0) is 23.4. The molecule has 1 amide bonds. The van der Waals surface area contributed by atoms with E-state index in [0.29, 0.717) is 11.1 Å². The normalized spacial score (nSPS) is 14.1. The number of fused-ring (bicyclic) bond motifs is 3. The molecular weight excluding hydrogens is 418 g/mol. The third-order valence-corrected chi connectivity index (χ3v) is 5.98. The highest BCUT2D eigenvalue weighted by Crippen LogP contribution is 2.44. The Morgan fingerprint density at radius 3 is 2.12 bits per heavy atom. The van der Waals surface area contributed by atoms with Crippen molar-refractivity contribution in [1.82, 2.24) is 5.32 Å². The molecular formula is C26H27N3O4. The van der Waals surface area contributed by atoms with E-state index in [9.17, 15) is 15.0 Å². The molecule has 6 N–H and O–H groups in total. The minimum Gasteiger partial charge on any atom is -0.449 e. The number of nitrogens with two attached hydrogens (primary N) is 1. The third kappa shape index (κ3) is 4.89. The predicted octanol–water partition coefficient (Wildman–Crippen LogP) is 3.29. The van der Waals surface area contributed by atoms with E-state index in [1.165, 1.54) is 0 Å². The molecule has 7 nitrogen and oxygen atoms in total. The summed E-state index contributed by atoms with van der Waals surface area (Å²) in [5, 5.41) is 30.7. The summed E-state index contributed by atoms with van der Waals surface area (Å²) >= 11 is 0. The zero-order valence-electron chi connectivity index (χ0n) is 18.1. The number of carbonyl (C=O) groups excluding carboxylic acids is 1. The lowest BCUT2D eigenvalue weighted by Crippen LogP contribution is -2.30. The van der Waals surface area contributed by atoms with E-state index >= 15 is 0 Å². The minimum atomic E-state index is -1.12. The third-order valence-electron chi connectivity index (χ3n) is 5.98.